The Bertz CT molecular complexity index is 634. The van der Waals surface area contributed by atoms with Crippen molar-refractivity contribution in [1.82, 2.24) is 5.32 Å². The van der Waals surface area contributed by atoms with E-state index in [9.17, 15) is 70.7 Å². The van der Waals surface area contributed by atoms with Gasteiger partial charge in [0.15, 0.2) is 6.67 Å². The van der Waals surface area contributed by atoms with Crippen molar-refractivity contribution in [3.8, 4) is 0 Å². The van der Waals surface area contributed by atoms with Crippen LogP contribution in [0.15, 0.2) is 0 Å². The molecule has 0 spiro atoms. The summed E-state index contributed by atoms with van der Waals surface area (Å²) in [6, 6.07) is 0. The summed E-state index contributed by atoms with van der Waals surface area (Å²) in [5, 5.41) is 1.27. The van der Waals surface area contributed by atoms with Crippen LogP contribution in [0.25, 0.3) is 0 Å². The predicted molar refractivity (Wildman–Crippen MR) is 70.0 cm³/mol. The van der Waals surface area contributed by atoms with E-state index >= 15 is 0 Å². The third kappa shape index (κ3) is 4.56. The molecule has 186 valence electrons. The monoisotopic (exact) mass is 499 g/mol. The highest BCUT2D eigenvalue weighted by atomic mass is 19.4. The summed E-state index contributed by atoms with van der Waals surface area (Å²) in [6.07, 6.45) is -9.43. The average molecular weight is 499 g/mol. The maximum atomic E-state index is 13.4. The highest BCUT2D eigenvalue weighted by Crippen LogP contribution is 2.62. The van der Waals surface area contributed by atoms with Crippen molar-refractivity contribution < 1.29 is 75.4 Å². The molecule has 0 aromatic rings. The first-order valence-electron chi connectivity index (χ1n) is 7.69. The van der Waals surface area contributed by atoms with Gasteiger partial charge in [-0.05, 0) is 6.42 Å². The van der Waals surface area contributed by atoms with E-state index in [0.717, 1.165) is 0 Å². The third-order valence-electron chi connectivity index (χ3n) is 3.59. The standard InChI is InChI=1S/C13H12F15NO2/c1-2-3-4-29-6(30)31-13(27,28)12(25,26)11(23,24)10(21,22)9(19,20)8(17,18)7(15,16)5-14/h2-5H2,1H3,(H,29,30). The number of rotatable bonds is 11. The van der Waals surface area contributed by atoms with Crippen LogP contribution in [-0.4, -0.2) is 61.0 Å². The molecule has 0 saturated heterocycles. The molecule has 0 saturated carbocycles. The van der Waals surface area contributed by atoms with Crippen molar-refractivity contribution in [2.45, 2.75) is 61.4 Å². The summed E-state index contributed by atoms with van der Waals surface area (Å²) >= 11 is 0. The first kappa shape index (κ1) is 29.2. The highest BCUT2D eigenvalue weighted by molar-refractivity contribution is 5.67. The molecule has 0 heterocycles. The second-order valence-electron chi connectivity index (χ2n) is 5.90. The Morgan fingerprint density at radius 3 is 1.48 bits per heavy atom. The van der Waals surface area contributed by atoms with Crippen molar-refractivity contribution in [2.24, 2.45) is 0 Å². The van der Waals surface area contributed by atoms with E-state index in [0.29, 0.717) is 0 Å². The first-order chi connectivity index (χ1) is 13.5. The van der Waals surface area contributed by atoms with Crippen LogP contribution in [0.5, 0.6) is 0 Å². The minimum Gasteiger partial charge on any atom is -0.379 e. The number of hydrogen-bond acceptors (Lipinski definition) is 2. The second-order valence-corrected chi connectivity index (χ2v) is 5.90. The van der Waals surface area contributed by atoms with Gasteiger partial charge in [0.05, 0.1) is 0 Å². The van der Waals surface area contributed by atoms with Crippen molar-refractivity contribution in [1.29, 1.82) is 0 Å². The minimum atomic E-state index is -8.35. The molecule has 0 radical (unpaired) electrons. The van der Waals surface area contributed by atoms with Crippen molar-refractivity contribution in [3.05, 3.63) is 0 Å². The van der Waals surface area contributed by atoms with Crippen LogP contribution in [0.3, 0.4) is 0 Å². The molecule has 0 unspecified atom stereocenters. The van der Waals surface area contributed by atoms with Crippen LogP contribution in [0.2, 0.25) is 0 Å². The van der Waals surface area contributed by atoms with Gasteiger partial charge in [-0.15, -0.1) is 0 Å². The largest absolute Gasteiger partial charge is 0.474 e. The lowest BCUT2D eigenvalue weighted by molar-refractivity contribution is -0.460. The maximum absolute atomic E-state index is 13.4. The first-order valence-corrected chi connectivity index (χ1v) is 7.69. The number of unbranched alkanes of at least 4 members (excludes halogenated alkanes) is 1. The van der Waals surface area contributed by atoms with E-state index in [4.69, 9.17) is 0 Å². The Balaban J connectivity index is 6.20. The van der Waals surface area contributed by atoms with Gasteiger partial charge in [0, 0.05) is 6.54 Å². The van der Waals surface area contributed by atoms with Gasteiger partial charge in [0.2, 0.25) is 0 Å². The summed E-state index contributed by atoms with van der Waals surface area (Å²) < 4.78 is 199. The highest BCUT2D eigenvalue weighted by Gasteiger charge is 2.93. The zero-order valence-corrected chi connectivity index (χ0v) is 14.8. The number of hydrogen-bond donors (Lipinski definition) is 1. The molecule has 1 N–H and O–H groups in total. The van der Waals surface area contributed by atoms with Gasteiger partial charge in [-0.2, -0.15) is 61.5 Å². The molecule has 0 bridgehead atoms. The van der Waals surface area contributed by atoms with Crippen LogP contribution in [0.1, 0.15) is 19.8 Å². The van der Waals surface area contributed by atoms with Gasteiger partial charge in [0.1, 0.15) is 0 Å². The van der Waals surface area contributed by atoms with Crippen molar-refractivity contribution >= 4 is 6.09 Å². The normalized spacial score (nSPS) is 15.1. The summed E-state index contributed by atoms with van der Waals surface area (Å²) in [7, 11) is 0. The lowest BCUT2D eigenvalue weighted by atomic mass is 9.91. The molecule has 0 aromatic carbocycles. The summed E-state index contributed by atoms with van der Waals surface area (Å²) in [4.78, 5) is 10.9. The molecule has 31 heavy (non-hydrogen) atoms. The van der Waals surface area contributed by atoms with Crippen molar-refractivity contribution in [3.63, 3.8) is 0 Å². The lowest BCUT2D eigenvalue weighted by Gasteiger charge is -2.41. The van der Waals surface area contributed by atoms with Gasteiger partial charge in [-0.1, -0.05) is 13.3 Å². The van der Waals surface area contributed by atoms with E-state index < -0.39 is 61.0 Å². The van der Waals surface area contributed by atoms with E-state index in [1.165, 1.54) is 12.2 Å². The smallest absolute Gasteiger partial charge is 0.379 e. The fourth-order valence-electron chi connectivity index (χ4n) is 1.67. The average Bonchev–Trinajstić information content (AvgIpc) is 2.60. The molecule has 0 atom stereocenters. The zero-order valence-electron chi connectivity index (χ0n) is 14.8. The fraction of sp³-hybridized carbons (Fsp3) is 0.923. The van der Waals surface area contributed by atoms with E-state index in [-0.39, 0.29) is 12.8 Å². The Morgan fingerprint density at radius 1 is 0.710 bits per heavy atom. The summed E-state index contributed by atoms with van der Waals surface area (Å²) in [6.45, 7) is -2.97. The van der Waals surface area contributed by atoms with Crippen LogP contribution < -0.4 is 5.32 Å². The number of alkyl halides is 15. The van der Waals surface area contributed by atoms with Crippen LogP contribution in [-0.2, 0) is 4.74 Å². The molecule has 0 aliphatic carbocycles. The molecular formula is C13H12F15NO2. The number of carbonyl (C=O) groups excluding carboxylic acids is 1. The van der Waals surface area contributed by atoms with Gasteiger partial charge in [-0.3, -0.25) is 0 Å². The topological polar surface area (TPSA) is 38.3 Å². The van der Waals surface area contributed by atoms with E-state index in [1.54, 1.807) is 0 Å². The molecule has 1 amide bonds. The Labute approximate surface area is 162 Å². The SMILES string of the molecule is CCCCNC(=O)OC(F)(F)C(F)(F)C(F)(F)C(F)(F)C(F)(F)C(F)(F)C(F)(F)CF. The molecule has 18 heteroatoms. The minimum absolute atomic E-state index is 0.0185. The third-order valence-corrected chi connectivity index (χ3v) is 3.59. The van der Waals surface area contributed by atoms with Gasteiger partial charge < -0.3 is 10.1 Å². The Morgan fingerprint density at radius 2 is 1.10 bits per heavy atom. The number of carbonyl (C=O) groups is 1. The molecule has 3 nitrogen and oxygen atoms in total. The molecule has 0 aliphatic heterocycles. The number of halogens is 15. The Kier molecular flexibility index (Phi) is 8.14. The zero-order chi connectivity index (χ0) is 25.3. The molecule has 0 fully saturated rings. The van der Waals surface area contributed by atoms with Crippen LogP contribution in [0.4, 0.5) is 70.7 Å². The number of amides is 1. The number of ether oxygens (including phenoxy) is 1. The van der Waals surface area contributed by atoms with Gasteiger partial charge >= 0.3 is 47.7 Å². The second kappa shape index (κ2) is 8.63. The molecule has 0 rings (SSSR count). The van der Waals surface area contributed by atoms with Crippen LogP contribution >= 0.6 is 0 Å². The lowest BCUT2D eigenvalue weighted by Crippen LogP contribution is -2.73. The summed E-state index contributed by atoms with van der Waals surface area (Å²) in [5.41, 5.74) is 0. The molecular weight excluding hydrogens is 487 g/mol. The predicted octanol–water partition coefficient (Wildman–Crippen LogP) is 5.89. The molecule has 0 aromatic heterocycles. The fourth-order valence-corrected chi connectivity index (χ4v) is 1.67. The quantitative estimate of drug-likeness (QED) is 0.285. The van der Waals surface area contributed by atoms with E-state index in [2.05, 4.69) is 4.74 Å². The Hall–Kier alpha value is -1.78. The maximum Gasteiger partial charge on any atom is 0.474 e. The van der Waals surface area contributed by atoms with Crippen LogP contribution in [0, 0.1) is 0 Å². The molecule has 0 aliphatic rings. The van der Waals surface area contributed by atoms with Crippen molar-refractivity contribution in [2.75, 3.05) is 13.2 Å². The van der Waals surface area contributed by atoms with Gasteiger partial charge in [-0.25, -0.2) is 9.18 Å². The number of nitrogens with one attached hydrogen (secondary N) is 1. The van der Waals surface area contributed by atoms with E-state index in [1.807, 2.05) is 0 Å². The summed E-state index contributed by atoms with van der Waals surface area (Å²) in [5.74, 6) is -47.2. The number of alkyl carbamates (subject to hydrolysis) is 1. The van der Waals surface area contributed by atoms with Gasteiger partial charge in [0.25, 0.3) is 0 Å².